The zero-order valence-corrected chi connectivity index (χ0v) is 25.2. The van der Waals surface area contributed by atoms with Gasteiger partial charge >= 0.3 is 0 Å². The number of benzene rings is 9. The normalized spacial score (nSPS) is 11.9. The molecule has 9 aromatic rings. The Labute approximate surface area is 267 Å². The van der Waals surface area contributed by atoms with Crippen LogP contribution in [-0.2, 0) is 0 Å². The first-order chi connectivity index (χ1) is 22.9. The van der Waals surface area contributed by atoms with Crippen LogP contribution in [0.25, 0.3) is 98.7 Å². The van der Waals surface area contributed by atoms with E-state index in [2.05, 4.69) is 170 Å². The Bertz CT molecular complexity index is 2600. The molecule has 0 nitrogen and oxygen atoms in total. The number of hydrogen-bond acceptors (Lipinski definition) is 0. The molecule has 0 heteroatoms. The quantitative estimate of drug-likeness (QED) is 0.182. The van der Waals surface area contributed by atoms with E-state index in [1.165, 1.54) is 98.7 Å². The lowest BCUT2D eigenvalue weighted by Crippen LogP contribution is -1.91. The summed E-state index contributed by atoms with van der Waals surface area (Å²) in [5.74, 6) is 0. The van der Waals surface area contributed by atoms with Crippen LogP contribution in [0.2, 0.25) is 0 Å². The Morgan fingerprint density at radius 1 is 0.196 bits per heavy atom. The summed E-state index contributed by atoms with van der Waals surface area (Å²) in [6, 6.07) is 62.6. The molecule has 0 bridgehead atoms. The van der Waals surface area contributed by atoms with Gasteiger partial charge in [-0.1, -0.05) is 170 Å². The predicted molar refractivity (Wildman–Crippen MR) is 197 cm³/mol. The SMILES string of the molecule is c1ccc(-c2c3ccccc3c(-c3ccc(-c4c5ccccc5c5c6c(cccc46)-c4ccccc4-5)cc3)c3ccccc23)cc1. The van der Waals surface area contributed by atoms with Gasteiger partial charge in [-0.3, -0.25) is 0 Å². The second-order valence-electron chi connectivity index (χ2n) is 12.4. The van der Waals surface area contributed by atoms with Crippen molar-refractivity contribution in [1.29, 1.82) is 0 Å². The molecule has 1 aliphatic rings. The van der Waals surface area contributed by atoms with Gasteiger partial charge in [0.15, 0.2) is 0 Å². The van der Waals surface area contributed by atoms with E-state index in [9.17, 15) is 0 Å². The Morgan fingerprint density at radius 2 is 0.543 bits per heavy atom. The molecule has 212 valence electrons. The molecule has 10 rings (SSSR count). The Balaban J connectivity index is 1.23. The van der Waals surface area contributed by atoms with Gasteiger partial charge in [0.1, 0.15) is 0 Å². The molecule has 1 aliphatic carbocycles. The van der Waals surface area contributed by atoms with Crippen molar-refractivity contribution in [2.24, 2.45) is 0 Å². The highest BCUT2D eigenvalue weighted by Gasteiger charge is 2.26. The van der Waals surface area contributed by atoms with Crippen molar-refractivity contribution in [3.8, 4) is 55.6 Å². The largest absolute Gasteiger partial charge is 0.0622 e. The summed E-state index contributed by atoms with van der Waals surface area (Å²) in [7, 11) is 0. The van der Waals surface area contributed by atoms with Gasteiger partial charge in [0.2, 0.25) is 0 Å². The fourth-order valence-corrected chi connectivity index (χ4v) is 8.14. The minimum absolute atomic E-state index is 1.23. The van der Waals surface area contributed by atoms with Gasteiger partial charge in [0.05, 0.1) is 0 Å². The summed E-state index contributed by atoms with van der Waals surface area (Å²) in [6.07, 6.45) is 0. The number of rotatable bonds is 3. The first kappa shape index (κ1) is 25.4. The molecule has 0 aromatic heterocycles. The van der Waals surface area contributed by atoms with Crippen LogP contribution in [0.4, 0.5) is 0 Å². The molecular formula is C46H28. The average molecular weight is 581 g/mol. The molecule has 9 aromatic carbocycles. The van der Waals surface area contributed by atoms with Crippen molar-refractivity contribution in [3.63, 3.8) is 0 Å². The van der Waals surface area contributed by atoms with Crippen molar-refractivity contribution in [2.45, 2.75) is 0 Å². The highest BCUT2D eigenvalue weighted by Crippen LogP contribution is 2.53. The molecular weight excluding hydrogens is 553 g/mol. The van der Waals surface area contributed by atoms with E-state index in [4.69, 9.17) is 0 Å². The number of hydrogen-bond donors (Lipinski definition) is 0. The van der Waals surface area contributed by atoms with Gasteiger partial charge in [-0.05, 0) is 98.7 Å². The van der Waals surface area contributed by atoms with Gasteiger partial charge in [-0.15, -0.1) is 0 Å². The maximum absolute atomic E-state index is 2.34. The van der Waals surface area contributed by atoms with Crippen LogP contribution in [-0.4, -0.2) is 0 Å². The molecule has 0 spiro atoms. The molecule has 0 radical (unpaired) electrons. The molecule has 0 heterocycles. The molecule has 0 atom stereocenters. The molecule has 0 fully saturated rings. The van der Waals surface area contributed by atoms with E-state index >= 15 is 0 Å². The second kappa shape index (κ2) is 9.76. The van der Waals surface area contributed by atoms with Gasteiger partial charge in [-0.2, -0.15) is 0 Å². The monoisotopic (exact) mass is 580 g/mol. The third-order valence-corrected chi connectivity index (χ3v) is 9.99. The molecule has 0 saturated carbocycles. The fourth-order valence-electron chi connectivity index (χ4n) is 8.14. The van der Waals surface area contributed by atoms with Gasteiger partial charge in [-0.25, -0.2) is 0 Å². The highest BCUT2D eigenvalue weighted by molar-refractivity contribution is 6.29. The molecule has 0 saturated heterocycles. The van der Waals surface area contributed by atoms with E-state index < -0.39 is 0 Å². The summed E-state index contributed by atoms with van der Waals surface area (Å²) in [6.45, 7) is 0. The van der Waals surface area contributed by atoms with Crippen LogP contribution in [0.1, 0.15) is 0 Å². The lowest BCUT2D eigenvalue weighted by molar-refractivity contribution is 1.64. The summed E-state index contributed by atoms with van der Waals surface area (Å²) < 4.78 is 0. The molecule has 0 amide bonds. The maximum atomic E-state index is 2.34. The third-order valence-electron chi connectivity index (χ3n) is 9.99. The molecule has 0 unspecified atom stereocenters. The van der Waals surface area contributed by atoms with Gasteiger partial charge in [0.25, 0.3) is 0 Å². The summed E-state index contributed by atoms with van der Waals surface area (Å²) in [4.78, 5) is 0. The van der Waals surface area contributed by atoms with E-state index in [-0.39, 0.29) is 0 Å². The van der Waals surface area contributed by atoms with Crippen molar-refractivity contribution < 1.29 is 0 Å². The van der Waals surface area contributed by atoms with Crippen molar-refractivity contribution in [1.82, 2.24) is 0 Å². The lowest BCUT2D eigenvalue weighted by Gasteiger charge is -2.18. The van der Waals surface area contributed by atoms with Crippen molar-refractivity contribution in [2.75, 3.05) is 0 Å². The van der Waals surface area contributed by atoms with E-state index in [1.807, 2.05) is 0 Å². The van der Waals surface area contributed by atoms with Crippen molar-refractivity contribution in [3.05, 3.63) is 170 Å². The first-order valence-corrected chi connectivity index (χ1v) is 16.0. The zero-order valence-electron chi connectivity index (χ0n) is 25.2. The van der Waals surface area contributed by atoms with E-state index in [0.29, 0.717) is 0 Å². The topological polar surface area (TPSA) is 0 Å². The predicted octanol–water partition coefficient (Wildman–Crippen LogP) is 12.9. The average Bonchev–Trinajstić information content (AvgIpc) is 3.47. The van der Waals surface area contributed by atoms with Crippen LogP contribution in [0.15, 0.2) is 170 Å². The Hall–Kier alpha value is -5.98. The van der Waals surface area contributed by atoms with Crippen LogP contribution < -0.4 is 0 Å². The highest BCUT2D eigenvalue weighted by atomic mass is 14.3. The van der Waals surface area contributed by atoms with Crippen LogP contribution in [0.5, 0.6) is 0 Å². The standard InChI is InChI=1S/C46H28/c1-2-13-29(14-3-1)42-35-17-6-8-19-37(35)43(38-20-9-7-18-36(38)42)30-25-27-31(28-26-30)44-39-21-10-11-22-40(39)45-33-16-5-4-15-32(33)34-23-12-24-41(44)46(34)45/h1-28H. The molecule has 0 aliphatic heterocycles. The first-order valence-electron chi connectivity index (χ1n) is 16.0. The molecule has 0 N–H and O–H groups in total. The zero-order chi connectivity index (χ0) is 30.2. The second-order valence-corrected chi connectivity index (χ2v) is 12.4. The van der Waals surface area contributed by atoms with E-state index in [0.717, 1.165) is 0 Å². The van der Waals surface area contributed by atoms with Crippen molar-refractivity contribution >= 4 is 43.1 Å². The number of fused-ring (bicyclic) bond motifs is 7. The third kappa shape index (κ3) is 3.50. The van der Waals surface area contributed by atoms with Crippen LogP contribution in [0, 0.1) is 0 Å². The fraction of sp³-hybridized carbons (Fsp3) is 0. The van der Waals surface area contributed by atoms with Gasteiger partial charge in [0, 0.05) is 0 Å². The smallest absolute Gasteiger partial charge is 0.00137 e. The maximum Gasteiger partial charge on any atom is -0.00137 e. The summed E-state index contributed by atoms with van der Waals surface area (Å²) in [5.41, 5.74) is 13.0. The van der Waals surface area contributed by atoms with Gasteiger partial charge < -0.3 is 0 Å². The van der Waals surface area contributed by atoms with Crippen LogP contribution in [0.3, 0.4) is 0 Å². The lowest BCUT2D eigenvalue weighted by atomic mass is 9.85. The van der Waals surface area contributed by atoms with E-state index in [1.54, 1.807) is 0 Å². The minimum atomic E-state index is 1.23. The Kier molecular flexibility index (Phi) is 5.38. The van der Waals surface area contributed by atoms with Crippen LogP contribution >= 0.6 is 0 Å². The summed E-state index contributed by atoms with van der Waals surface area (Å²) in [5, 5.41) is 10.4. The molecule has 46 heavy (non-hydrogen) atoms. The summed E-state index contributed by atoms with van der Waals surface area (Å²) >= 11 is 0. The Morgan fingerprint density at radius 3 is 1.07 bits per heavy atom. The minimum Gasteiger partial charge on any atom is -0.0622 e.